The van der Waals surface area contributed by atoms with Crippen LogP contribution in [0.1, 0.15) is 19.4 Å². The van der Waals surface area contributed by atoms with Gasteiger partial charge in [0.2, 0.25) is 0 Å². The van der Waals surface area contributed by atoms with Crippen molar-refractivity contribution < 1.29 is 4.74 Å². The van der Waals surface area contributed by atoms with E-state index in [1.807, 2.05) is 0 Å². The minimum Gasteiger partial charge on any atom is -0.492 e. The molecule has 0 aromatic heterocycles. The van der Waals surface area contributed by atoms with Gasteiger partial charge in [0.05, 0.1) is 0 Å². The van der Waals surface area contributed by atoms with Gasteiger partial charge in [-0.1, -0.05) is 44.2 Å². The molecule has 0 amide bonds. The zero-order valence-electron chi connectivity index (χ0n) is 13.1. The zero-order valence-corrected chi connectivity index (χ0v) is 13.1. The number of fused-ring (bicyclic) bond motifs is 1. The Morgan fingerprint density at radius 3 is 2.52 bits per heavy atom. The van der Waals surface area contributed by atoms with Crippen molar-refractivity contribution in [2.24, 2.45) is 5.73 Å². The Balaban J connectivity index is 2.16. The Hall–Kier alpha value is -1.58. The van der Waals surface area contributed by atoms with Gasteiger partial charge in [0.1, 0.15) is 12.4 Å². The molecule has 2 N–H and O–H groups in total. The fraction of sp³-hybridized carbons (Fsp3) is 0.444. The Bertz CT molecular complexity index is 564. The molecule has 3 nitrogen and oxygen atoms in total. The van der Waals surface area contributed by atoms with Crippen LogP contribution in [0.3, 0.4) is 0 Å². The summed E-state index contributed by atoms with van der Waals surface area (Å²) in [6.07, 6.45) is 0.849. The third-order valence-corrected chi connectivity index (χ3v) is 3.95. The van der Waals surface area contributed by atoms with Crippen LogP contribution in [0.25, 0.3) is 10.8 Å². The molecule has 2 aromatic rings. The van der Waals surface area contributed by atoms with E-state index in [-0.39, 0.29) is 0 Å². The van der Waals surface area contributed by atoms with Gasteiger partial charge in [-0.2, -0.15) is 0 Å². The Morgan fingerprint density at radius 1 is 1.05 bits per heavy atom. The van der Waals surface area contributed by atoms with Crippen LogP contribution >= 0.6 is 0 Å². The van der Waals surface area contributed by atoms with Gasteiger partial charge in [-0.25, -0.2) is 0 Å². The van der Waals surface area contributed by atoms with Crippen molar-refractivity contribution in [3.05, 3.63) is 42.0 Å². The van der Waals surface area contributed by atoms with Crippen molar-refractivity contribution in [3.8, 4) is 5.75 Å². The molecule has 0 heterocycles. The second-order valence-corrected chi connectivity index (χ2v) is 5.18. The quantitative estimate of drug-likeness (QED) is 0.810. The lowest BCUT2D eigenvalue weighted by atomic mass is 10.0. The van der Waals surface area contributed by atoms with Crippen LogP contribution in [0, 0.1) is 0 Å². The van der Waals surface area contributed by atoms with E-state index in [1.165, 1.54) is 16.3 Å². The second-order valence-electron chi connectivity index (χ2n) is 5.18. The average molecular weight is 286 g/mol. The van der Waals surface area contributed by atoms with Crippen molar-refractivity contribution in [3.63, 3.8) is 0 Å². The van der Waals surface area contributed by atoms with E-state index in [0.717, 1.165) is 38.4 Å². The molecule has 0 unspecified atom stereocenters. The number of benzene rings is 2. The van der Waals surface area contributed by atoms with Crippen LogP contribution < -0.4 is 10.5 Å². The smallest absolute Gasteiger partial charge is 0.123 e. The summed E-state index contributed by atoms with van der Waals surface area (Å²) in [6.45, 7) is 8.80. The molecule has 0 bridgehead atoms. The van der Waals surface area contributed by atoms with E-state index in [9.17, 15) is 0 Å². The van der Waals surface area contributed by atoms with Crippen LogP contribution in [0.2, 0.25) is 0 Å². The van der Waals surface area contributed by atoms with Gasteiger partial charge in [0, 0.05) is 12.1 Å². The predicted molar refractivity (Wildman–Crippen MR) is 90.0 cm³/mol. The highest BCUT2D eigenvalue weighted by Gasteiger charge is 2.08. The molecule has 3 heteroatoms. The van der Waals surface area contributed by atoms with Crippen molar-refractivity contribution in [1.82, 2.24) is 4.90 Å². The van der Waals surface area contributed by atoms with Gasteiger partial charge < -0.3 is 15.4 Å². The molecule has 114 valence electrons. The fourth-order valence-corrected chi connectivity index (χ4v) is 2.68. The number of hydrogen-bond donors (Lipinski definition) is 1. The summed E-state index contributed by atoms with van der Waals surface area (Å²) in [5.74, 6) is 0.978. The largest absolute Gasteiger partial charge is 0.492 e. The molecule has 2 aromatic carbocycles. The van der Waals surface area contributed by atoms with Gasteiger partial charge in [0.15, 0.2) is 0 Å². The first-order valence-electron chi connectivity index (χ1n) is 7.86. The SMILES string of the molecule is CCN(CC)CCOc1ccc2ccccc2c1CCN. The maximum absolute atomic E-state index is 6.03. The van der Waals surface area contributed by atoms with E-state index in [4.69, 9.17) is 10.5 Å². The number of rotatable bonds is 8. The van der Waals surface area contributed by atoms with E-state index < -0.39 is 0 Å². The molecule has 0 saturated heterocycles. The van der Waals surface area contributed by atoms with Crippen LogP contribution in [-0.4, -0.2) is 37.7 Å². The molecule has 0 atom stereocenters. The summed E-state index contributed by atoms with van der Waals surface area (Å²) in [4.78, 5) is 2.36. The van der Waals surface area contributed by atoms with E-state index in [1.54, 1.807) is 0 Å². The number of ether oxygens (including phenoxy) is 1. The van der Waals surface area contributed by atoms with E-state index >= 15 is 0 Å². The van der Waals surface area contributed by atoms with Gasteiger partial charge in [-0.15, -0.1) is 0 Å². The monoisotopic (exact) mass is 286 g/mol. The van der Waals surface area contributed by atoms with E-state index in [0.29, 0.717) is 6.54 Å². The first-order valence-corrected chi connectivity index (χ1v) is 7.86. The molecule has 0 aliphatic carbocycles. The fourth-order valence-electron chi connectivity index (χ4n) is 2.68. The summed E-state index contributed by atoms with van der Waals surface area (Å²) >= 11 is 0. The molecule has 21 heavy (non-hydrogen) atoms. The summed E-state index contributed by atoms with van der Waals surface area (Å²) in [7, 11) is 0. The Labute approximate surface area is 127 Å². The lowest BCUT2D eigenvalue weighted by Crippen LogP contribution is -2.28. The van der Waals surface area contributed by atoms with Gasteiger partial charge >= 0.3 is 0 Å². The molecule has 0 spiro atoms. The number of hydrogen-bond acceptors (Lipinski definition) is 3. The van der Waals surface area contributed by atoms with Crippen molar-refractivity contribution in [2.75, 3.05) is 32.8 Å². The minimum absolute atomic E-state index is 0.639. The number of nitrogens with two attached hydrogens (primary N) is 1. The third-order valence-electron chi connectivity index (χ3n) is 3.95. The topological polar surface area (TPSA) is 38.5 Å². The highest BCUT2D eigenvalue weighted by atomic mass is 16.5. The lowest BCUT2D eigenvalue weighted by Gasteiger charge is -2.19. The van der Waals surface area contributed by atoms with Gasteiger partial charge in [-0.3, -0.25) is 0 Å². The average Bonchev–Trinajstić information content (AvgIpc) is 2.53. The summed E-state index contributed by atoms with van der Waals surface area (Å²) in [5.41, 5.74) is 7.01. The molecule has 2 rings (SSSR count). The minimum atomic E-state index is 0.639. The Kier molecular flexibility index (Phi) is 6.03. The first-order chi connectivity index (χ1) is 10.3. The second kappa shape index (κ2) is 8.01. The van der Waals surface area contributed by atoms with Crippen molar-refractivity contribution in [1.29, 1.82) is 0 Å². The summed E-state index contributed by atoms with van der Waals surface area (Å²) < 4.78 is 6.03. The molecular formula is C18H26N2O. The van der Waals surface area contributed by atoms with Crippen LogP contribution in [-0.2, 0) is 6.42 Å². The summed E-state index contributed by atoms with van der Waals surface area (Å²) in [6, 6.07) is 12.6. The molecule has 0 aliphatic rings. The Morgan fingerprint density at radius 2 is 1.81 bits per heavy atom. The van der Waals surface area contributed by atoms with Crippen LogP contribution in [0.15, 0.2) is 36.4 Å². The predicted octanol–water partition coefficient (Wildman–Crippen LogP) is 3.06. The number of likely N-dealkylation sites (N-methyl/N-ethyl adjacent to an activating group) is 1. The lowest BCUT2D eigenvalue weighted by molar-refractivity contribution is 0.222. The molecule has 0 fully saturated rings. The normalized spacial score (nSPS) is 11.2. The van der Waals surface area contributed by atoms with E-state index in [2.05, 4.69) is 55.1 Å². The van der Waals surface area contributed by atoms with Crippen LogP contribution in [0.4, 0.5) is 0 Å². The zero-order chi connectivity index (χ0) is 15.1. The van der Waals surface area contributed by atoms with Crippen molar-refractivity contribution in [2.45, 2.75) is 20.3 Å². The highest BCUT2D eigenvalue weighted by Crippen LogP contribution is 2.28. The molecule has 0 radical (unpaired) electrons. The standard InChI is InChI=1S/C18H26N2O/c1-3-20(4-2)13-14-21-18-10-9-15-7-5-6-8-16(15)17(18)11-12-19/h5-10H,3-4,11-14,19H2,1-2H3. The first kappa shape index (κ1) is 15.8. The van der Waals surface area contributed by atoms with Crippen LogP contribution in [0.5, 0.6) is 5.75 Å². The molecule has 0 saturated carbocycles. The highest BCUT2D eigenvalue weighted by molar-refractivity contribution is 5.87. The summed E-state index contributed by atoms with van der Waals surface area (Å²) in [5, 5.41) is 2.50. The molecular weight excluding hydrogens is 260 g/mol. The van der Waals surface area contributed by atoms with Crippen molar-refractivity contribution >= 4 is 10.8 Å². The maximum Gasteiger partial charge on any atom is 0.123 e. The van der Waals surface area contributed by atoms with Gasteiger partial charge in [-0.05, 0) is 42.9 Å². The third kappa shape index (κ3) is 3.96. The molecule has 0 aliphatic heterocycles. The number of nitrogens with zero attached hydrogens (tertiary/aromatic N) is 1. The maximum atomic E-state index is 6.03. The van der Waals surface area contributed by atoms with Gasteiger partial charge in [0.25, 0.3) is 0 Å².